The van der Waals surface area contributed by atoms with Gasteiger partial charge in [0.05, 0.1) is 16.9 Å². The van der Waals surface area contributed by atoms with Gasteiger partial charge in [-0.1, -0.05) is 18.2 Å². The van der Waals surface area contributed by atoms with E-state index in [2.05, 4.69) is 0 Å². The van der Waals surface area contributed by atoms with Gasteiger partial charge in [0.25, 0.3) is 5.69 Å². The zero-order valence-electron chi connectivity index (χ0n) is 12.2. The van der Waals surface area contributed by atoms with Crippen LogP contribution < -0.4 is 4.74 Å². The van der Waals surface area contributed by atoms with E-state index in [1.165, 1.54) is 24.8 Å². The maximum absolute atomic E-state index is 11.3. The molecule has 5 nitrogen and oxygen atoms in total. The molecular weight excluding hydrogens is 302 g/mol. The molecule has 22 heavy (non-hydrogen) atoms. The molecule has 0 aromatic heterocycles. The van der Waals surface area contributed by atoms with Gasteiger partial charge in [0.15, 0.2) is 5.78 Å². The second kappa shape index (κ2) is 7.09. The number of carbonyl (C=O) groups is 1. The molecule has 0 atom stereocenters. The molecule has 0 N–H and O–H groups in total. The van der Waals surface area contributed by atoms with Crippen LogP contribution >= 0.6 is 11.8 Å². The highest BCUT2D eigenvalue weighted by atomic mass is 32.2. The Bertz CT molecular complexity index is 715. The fourth-order valence-corrected chi connectivity index (χ4v) is 2.97. The van der Waals surface area contributed by atoms with Gasteiger partial charge >= 0.3 is 0 Å². The van der Waals surface area contributed by atoms with Crippen molar-refractivity contribution in [3.63, 3.8) is 0 Å². The fourth-order valence-electron chi connectivity index (χ4n) is 1.98. The van der Waals surface area contributed by atoms with Gasteiger partial charge in [-0.2, -0.15) is 0 Å². The number of hydrogen-bond acceptors (Lipinski definition) is 5. The van der Waals surface area contributed by atoms with Gasteiger partial charge in [0, 0.05) is 22.9 Å². The van der Waals surface area contributed by atoms with Crippen molar-refractivity contribution in [2.75, 3.05) is 7.11 Å². The van der Waals surface area contributed by atoms with E-state index < -0.39 is 4.92 Å². The molecule has 0 radical (unpaired) electrons. The van der Waals surface area contributed by atoms with Gasteiger partial charge in [0.1, 0.15) is 5.75 Å². The van der Waals surface area contributed by atoms with Crippen LogP contribution in [0.15, 0.2) is 47.4 Å². The molecule has 114 valence electrons. The molecule has 6 heteroatoms. The Kier molecular flexibility index (Phi) is 5.16. The quantitative estimate of drug-likeness (QED) is 0.347. The molecule has 0 aliphatic rings. The molecule has 0 spiro atoms. The predicted octanol–water partition coefficient (Wildman–Crippen LogP) is 4.10. The summed E-state index contributed by atoms with van der Waals surface area (Å²) in [5.41, 5.74) is 1.25. The molecule has 0 saturated carbocycles. The number of hydrogen-bond donors (Lipinski definition) is 0. The van der Waals surface area contributed by atoms with E-state index in [1.807, 2.05) is 24.3 Å². The lowest BCUT2D eigenvalue weighted by Gasteiger charge is -2.08. The smallest absolute Gasteiger partial charge is 0.283 e. The number of methoxy groups -OCH3 is 1. The van der Waals surface area contributed by atoms with Gasteiger partial charge in [-0.15, -0.1) is 11.8 Å². The SMILES string of the molecule is COc1ccccc1CSc1ccc(C(C)=O)cc1[N+](=O)[O-]. The Morgan fingerprint density at radius 1 is 1.27 bits per heavy atom. The highest BCUT2D eigenvalue weighted by Crippen LogP contribution is 2.34. The normalized spacial score (nSPS) is 10.3. The molecule has 0 aliphatic carbocycles. The minimum Gasteiger partial charge on any atom is -0.496 e. The third-order valence-corrected chi connectivity index (χ3v) is 4.25. The van der Waals surface area contributed by atoms with Crippen molar-refractivity contribution < 1.29 is 14.5 Å². The molecule has 0 saturated heterocycles. The topological polar surface area (TPSA) is 69.4 Å². The summed E-state index contributed by atoms with van der Waals surface area (Å²) in [6, 6.07) is 12.1. The van der Waals surface area contributed by atoms with Crippen molar-refractivity contribution in [3.8, 4) is 5.75 Å². The number of para-hydroxylation sites is 1. The first-order chi connectivity index (χ1) is 10.5. The molecule has 0 unspecified atom stereocenters. The third-order valence-electron chi connectivity index (χ3n) is 3.14. The van der Waals surface area contributed by atoms with E-state index >= 15 is 0 Å². The van der Waals surface area contributed by atoms with Crippen LogP contribution in [0.25, 0.3) is 0 Å². The summed E-state index contributed by atoms with van der Waals surface area (Å²) in [6.45, 7) is 1.39. The van der Waals surface area contributed by atoms with Crippen molar-refractivity contribution >= 4 is 23.2 Å². The Morgan fingerprint density at radius 3 is 2.64 bits per heavy atom. The first-order valence-corrected chi connectivity index (χ1v) is 7.55. The van der Waals surface area contributed by atoms with E-state index in [0.29, 0.717) is 16.2 Å². The number of thioether (sulfide) groups is 1. The van der Waals surface area contributed by atoms with Crippen LogP contribution in [0.2, 0.25) is 0 Å². The number of rotatable bonds is 6. The molecule has 0 bridgehead atoms. The number of carbonyl (C=O) groups excluding carboxylic acids is 1. The van der Waals surface area contributed by atoms with Gasteiger partial charge < -0.3 is 4.74 Å². The minimum absolute atomic E-state index is 0.0485. The lowest BCUT2D eigenvalue weighted by atomic mass is 10.1. The van der Waals surface area contributed by atoms with Crippen molar-refractivity contribution in [1.82, 2.24) is 0 Å². The average Bonchev–Trinajstić information content (AvgIpc) is 2.52. The van der Waals surface area contributed by atoms with Crippen molar-refractivity contribution in [1.29, 1.82) is 0 Å². The standard InChI is InChI=1S/C16H15NO4S/c1-11(18)12-7-8-16(14(9-12)17(19)20)22-10-13-5-3-4-6-15(13)21-2/h3-9H,10H2,1-2H3. The van der Waals surface area contributed by atoms with E-state index in [9.17, 15) is 14.9 Å². The zero-order valence-corrected chi connectivity index (χ0v) is 13.1. The molecule has 2 aromatic rings. The summed E-state index contributed by atoms with van der Waals surface area (Å²) < 4.78 is 5.27. The number of nitro groups is 1. The Labute approximate surface area is 132 Å². The van der Waals surface area contributed by atoms with E-state index in [0.717, 1.165) is 11.3 Å². The predicted molar refractivity (Wildman–Crippen MR) is 85.7 cm³/mol. The maximum Gasteiger partial charge on any atom is 0.283 e. The van der Waals surface area contributed by atoms with Gasteiger partial charge in [-0.05, 0) is 25.1 Å². The highest BCUT2D eigenvalue weighted by molar-refractivity contribution is 7.98. The molecule has 0 aliphatic heterocycles. The first-order valence-electron chi connectivity index (χ1n) is 6.57. The minimum atomic E-state index is -0.461. The maximum atomic E-state index is 11.3. The molecule has 0 heterocycles. The third kappa shape index (κ3) is 3.65. The van der Waals surface area contributed by atoms with Gasteiger partial charge in [0.2, 0.25) is 0 Å². The number of nitrogens with zero attached hydrogens (tertiary/aromatic N) is 1. The van der Waals surface area contributed by atoms with E-state index in [-0.39, 0.29) is 11.5 Å². The van der Waals surface area contributed by atoms with Crippen LogP contribution in [0, 0.1) is 10.1 Å². The average molecular weight is 317 g/mol. The van der Waals surface area contributed by atoms with Crippen LogP contribution in [-0.2, 0) is 5.75 Å². The number of Topliss-reactive ketones (excluding diaryl/α,β-unsaturated/α-hetero) is 1. The lowest BCUT2D eigenvalue weighted by Crippen LogP contribution is -1.97. The monoisotopic (exact) mass is 317 g/mol. The van der Waals surface area contributed by atoms with Crippen LogP contribution in [-0.4, -0.2) is 17.8 Å². The molecule has 2 rings (SSSR count). The second-order valence-corrected chi connectivity index (χ2v) is 5.61. The second-order valence-electron chi connectivity index (χ2n) is 4.60. The summed E-state index contributed by atoms with van der Waals surface area (Å²) in [4.78, 5) is 22.6. The van der Waals surface area contributed by atoms with Crippen molar-refractivity contribution in [2.24, 2.45) is 0 Å². The Hall–Kier alpha value is -2.34. The molecule has 0 fully saturated rings. The number of ether oxygens (including phenoxy) is 1. The largest absolute Gasteiger partial charge is 0.496 e. The number of ketones is 1. The van der Waals surface area contributed by atoms with Crippen LogP contribution in [0.3, 0.4) is 0 Å². The zero-order chi connectivity index (χ0) is 16.1. The molecular formula is C16H15NO4S. The number of benzene rings is 2. The summed E-state index contributed by atoms with van der Waals surface area (Å²) in [5.74, 6) is 1.10. The van der Waals surface area contributed by atoms with Gasteiger partial charge in [-0.25, -0.2) is 0 Å². The summed E-state index contributed by atoms with van der Waals surface area (Å²) in [7, 11) is 1.59. The Morgan fingerprint density at radius 2 is 2.00 bits per heavy atom. The van der Waals surface area contributed by atoms with Gasteiger partial charge in [-0.3, -0.25) is 14.9 Å². The lowest BCUT2D eigenvalue weighted by molar-refractivity contribution is -0.387. The van der Waals surface area contributed by atoms with Crippen molar-refractivity contribution in [2.45, 2.75) is 17.6 Å². The van der Waals surface area contributed by atoms with Crippen LogP contribution in [0.5, 0.6) is 5.75 Å². The number of nitro benzene ring substituents is 1. The summed E-state index contributed by atoms with van der Waals surface area (Å²) in [6.07, 6.45) is 0. The summed E-state index contributed by atoms with van der Waals surface area (Å²) >= 11 is 1.35. The van der Waals surface area contributed by atoms with Crippen molar-refractivity contribution in [3.05, 3.63) is 63.7 Å². The van der Waals surface area contributed by atoms with Crippen LogP contribution in [0.4, 0.5) is 5.69 Å². The highest BCUT2D eigenvalue weighted by Gasteiger charge is 2.17. The fraction of sp³-hybridized carbons (Fsp3) is 0.188. The van der Waals surface area contributed by atoms with E-state index in [1.54, 1.807) is 19.2 Å². The summed E-state index contributed by atoms with van der Waals surface area (Å²) in [5, 5.41) is 11.2. The Balaban J connectivity index is 2.26. The molecule has 0 amide bonds. The van der Waals surface area contributed by atoms with E-state index in [4.69, 9.17) is 4.74 Å². The molecule has 2 aromatic carbocycles. The van der Waals surface area contributed by atoms with Crippen LogP contribution in [0.1, 0.15) is 22.8 Å². The first kappa shape index (κ1) is 16.0.